The minimum atomic E-state index is -1.88. The molecule has 27 heteroatoms. The number of nitrogens with zero attached hydrogens (tertiary/aromatic N) is 6. The Bertz CT molecular complexity index is 3920. The molecular weight excluding hydrogens is 1390 g/mol. The number of aliphatic hydroxyl groups excluding tert-OH is 2. The zero-order valence-electron chi connectivity index (χ0n) is 54.8. The molecule has 5 fully saturated rings. The highest BCUT2D eigenvalue weighted by Gasteiger charge is 2.53. The van der Waals surface area contributed by atoms with Gasteiger partial charge in [0.15, 0.2) is 48.2 Å². The number of halogens is 5. The number of carboxylic acids is 1. The van der Waals surface area contributed by atoms with Gasteiger partial charge in [0.25, 0.3) is 29.5 Å². The molecule has 0 bridgehead atoms. The van der Waals surface area contributed by atoms with Gasteiger partial charge in [-0.15, -0.1) is 0 Å². The van der Waals surface area contributed by atoms with Crippen molar-refractivity contribution in [3.05, 3.63) is 217 Å². The molecule has 5 aliphatic heterocycles. The number of aliphatic carboxylic acids is 1. The lowest BCUT2D eigenvalue weighted by Gasteiger charge is -2.28. The van der Waals surface area contributed by atoms with Crippen molar-refractivity contribution >= 4 is 93.5 Å². The van der Waals surface area contributed by atoms with Crippen molar-refractivity contribution < 1.29 is 63.0 Å². The van der Waals surface area contributed by atoms with E-state index in [2.05, 4.69) is 25.6 Å². The number of ether oxygens (including phenoxy) is 4. The predicted octanol–water partition coefficient (Wildman–Crippen LogP) is 11.4. The van der Waals surface area contributed by atoms with E-state index in [0.717, 1.165) is 76.7 Å². The molecule has 3 unspecified atom stereocenters. The van der Waals surface area contributed by atoms with Gasteiger partial charge in [-0.2, -0.15) is 0 Å². The van der Waals surface area contributed by atoms with Crippen LogP contribution in [0.1, 0.15) is 125 Å². The van der Waals surface area contributed by atoms with Crippen LogP contribution in [-0.2, 0) is 67.3 Å². The maximum Gasteiger partial charge on any atom is 0.336 e. The lowest BCUT2D eigenvalue weighted by atomic mass is 10.0. The molecule has 8 heterocycles. The molecule has 0 radical (unpaired) electrons. The molecule has 9 atom stereocenters. The zero-order valence-corrected chi connectivity index (χ0v) is 58.5. The van der Waals surface area contributed by atoms with Crippen molar-refractivity contribution in [2.75, 3.05) is 19.6 Å². The number of amides is 5. The number of hydrogen-bond donors (Lipinski definition) is 6. The molecule has 7 N–H and O–H groups in total. The highest BCUT2D eigenvalue weighted by Crippen LogP contribution is 2.40. The number of likely N-dealkylation sites (tertiary alicyclic amines) is 3. The number of carbonyl (C=O) groups excluding carboxylic acids is 5. The Balaban J connectivity index is 0.000000180. The van der Waals surface area contributed by atoms with Crippen molar-refractivity contribution in [2.24, 2.45) is 5.73 Å². The Kier molecular flexibility index (Phi) is 27.9. The van der Waals surface area contributed by atoms with Crippen LogP contribution >= 0.6 is 58.0 Å². The van der Waals surface area contributed by atoms with E-state index in [-0.39, 0.29) is 50.5 Å². The van der Waals surface area contributed by atoms with Crippen molar-refractivity contribution in [2.45, 2.75) is 160 Å². The van der Waals surface area contributed by atoms with Crippen molar-refractivity contribution in [1.82, 2.24) is 40.3 Å². The molecule has 0 spiro atoms. The smallest absolute Gasteiger partial charge is 0.336 e. The van der Waals surface area contributed by atoms with E-state index in [1.165, 1.54) is 4.90 Å². The average molecular weight is 1470 g/mol. The standard InChI is InChI=1S/C26H26ClN3O4.C23H25Cl2N3O4.C17H20ClNO5.C6H7ClN2.CH4/c27-20-9-4-8-19(14-20)22-10-5-13-30(22)26(34)24(32)23(31)25(33)29-16-17-11-12-21(28-15-17)18-6-2-1-3-7-18;1-23(2)31-19(21(29)27-13-14-8-9-18(25)26-12-14)20(32-23)22(30)28-10-4-7-17(28)15-5-3-6-16(24)11-15;1-17(2)23-13(14(24-17)16(21)22)15(20)19-8-4-7-12(19)10-5-3-6-11(18)9-10;7-6-2-1-5(3-8)4-9-6;/h1-4,6-9,11-12,14-15,22-24,31-32H,5,10,13,16H2,(H,29,33);3,5-6,8-9,11-12,17,19-20H,4,7,10,13H2,1-2H3,(H,27,29);3,5-6,9,12-14H,4,7-8H2,1-2H3,(H,21,22);1-2,4H,3,8H2;1H4/t22?,23-,24-;17?,19-,20-;12?,13-,14-;;/m111../s1. The number of carboxylic acid groups (broad SMARTS) is 1. The number of carbonyl (C=O) groups is 6. The molecule has 532 valence electrons. The number of hydrogen-bond acceptors (Lipinski definition) is 16. The van der Waals surface area contributed by atoms with Crippen molar-refractivity contribution in [3.63, 3.8) is 0 Å². The van der Waals surface area contributed by atoms with Gasteiger partial charge in [-0.1, -0.05) is 150 Å². The molecule has 7 aromatic rings. The van der Waals surface area contributed by atoms with Crippen molar-refractivity contribution in [1.29, 1.82) is 0 Å². The molecule has 12 rings (SSSR count). The van der Waals surface area contributed by atoms with Gasteiger partial charge in [-0.3, -0.25) is 29.0 Å². The third kappa shape index (κ3) is 20.8. The summed E-state index contributed by atoms with van der Waals surface area (Å²) in [5, 5.41) is 38.2. The number of benzene rings is 4. The maximum absolute atomic E-state index is 13.5. The van der Waals surface area contributed by atoms with Gasteiger partial charge in [0.1, 0.15) is 10.3 Å². The minimum Gasteiger partial charge on any atom is -0.479 e. The Morgan fingerprint density at radius 1 is 0.520 bits per heavy atom. The Hall–Kier alpha value is -7.68. The van der Waals surface area contributed by atoms with E-state index in [1.54, 1.807) is 105 Å². The zero-order chi connectivity index (χ0) is 71.1. The van der Waals surface area contributed by atoms with Gasteiger partial charge in [-0.05, 0) is 154 Å². The largest absolute Gasteiger partial charge is 0.479 e. The Morgan fingerprint density at radius 3 is 1.38 bits per heavy atom. The van der Waals surface area contributed by atoms with E-state index in [0.29, 0.717) is 58.0 Å². The predicted molar refractivity (Wildman–Crippen MR) is 379 cm³/mol. The molecule has 4 aromatic carbocycles. The fourth-order valence-corrected chi connectivity index (χ4v) is 13.1. The third-order valence-corrected chi connectivity index (χ3v) is 18.1. The molecule has 0 aliphatic carbocycles. The van der Waals surface area contributed by atoms with Gasteiger partial charge in [-0.25, -0.2) is 14.8 Å². The first kappa shape index (κ1) is 78.0. The number of aromatic nitrogens is 3. The van der Waals surface area contributed by atoms with Crippen LogP contribution in [0.25, 0.3) is 11.3 Å². The monoisotopic (exact) mass is 1470 g/mol. The summed E-state index contributed by atoms with van der Waals surface area (Å²) in [6.45, 7) is 9.04. The number of pyridine rings is 3. The summed E-state index contributed by atoms with van der Waals surface area (Å²) < 4.78 is 22.7. The van der Waals surface area contributed by atoms with Crippen LogP contribution in [0.2, 0.25) is 25.4 Å². The van der Waals surface area contributed by atoms with Gasteiger partial charge in [0, 0.05) is 78.5 Å². The van der Waals surface area contributed by atoms with Gasteiger partial charge in [0.05, 0.1) is 23.8 Å². The maximum atomic E-state index is 13.5. The third-order valence-electron chi connectivity index (χ3n) is 17.0. The summed E-state index contributed by atoms with van der Waals surface area (Å²) in [6.07, 6.45) is 1.42. The van der Waals surface area contributed by atoms with Gasteiger partial charge in [0.2, 0.25) is 0 Å². The molecule has 5 aliphatic rings. The Labute approximate surface area is 606 Å². The number of nitrogens with one attached hydrogen (secondary N) is 2. The summed E-state index contributed by atoms with van der Waals surface area (Å²) >= 11 is 29.6. The number of rotatable bonds is 16. The number of aliphatic hydroxyl groups is 2. The number of nitrogens with two attached hydrogens (primary N) is 1. The fraction of sp³-hybridized carbons (Fsp3) is 0.384. The highest BCUT2D eigenvalue weighted by atomic mass is 35.5. The second kappa shape index (κ2) is 35.8. The lowest BCUT2D eigenvalue weighted by molar-refractivity contribution is -0.167. The first-order valence-electron chi connectivity index (χ1n) is 32.2. The first-order chi connectivity index (χ1) is 47.3. The fourth-order valence-electron chi connectivity index (χ4n) is 12.2. The molecule has 5 amide bonds. The summed E-state index contributed by atoms with van der Waals surface area (Å²) in [5.41, 5.74) is 12.4. The molecule has 100 heavy (non-hydrogen) atoms. The summed E-state index contributed by atoms with van der Waals surface area (Å²) in [7, 11) is 0. The molecule has 3 aromatic heterocycles. The minimum absolute atomic E-state index is 0. The summed E-state index contributed by atoms with van der Waals surface area (Å²) in [4.78, 5) is 93.3. The van der Waals surface area contributed by atoms with Crippen LogP contribution in [0.5, 0.6) is 0 Å². The topological polar surface area (TPSA) is 299 Å². The van der Waals surface area contributed by atoms with Crippen molar-refractivity contribution in [3.8, 4) is 11.3 Å². The SMILES string of the molecule is C.CC1(C)O[C@@H](C(=O)NCc2ccc(Cl)nc2)[C@H](C(=O)N2CCCC2c2cccc(Cl)c2)O1.CC1(C)O[C@@H](C(=O)O)[C@H](C(=O)N2CCCC2c2cccc(Cl)c2)O1.NCc1ccc(Cl)nc1.O=C(NCc1ccc(-c2ccccc2)nc1)[C@H](O)[C@@H](O)C(=O)N1CCCC1c1cccc(Cl)c1. The highest BCUT2D eigenvalue weighted by molar-refractivity contribution is 6.31. The quantitative estimate of drug-likeness (QED) is 0.0490. The van der Waals surface area contributed by atoms with E-state index in [1.807, 2.05) is 91.0 Å². The lowest BCUT2D eigenvalue weighted by Crippen LogP contribution is -2.50. The normalized spacial score (nSPS) is 21.5. The van der Waals surface area contributed by atoms with Crippen LogP contribution in [0, 0.1) is 0 Å². The molecule has 5 saturated heterocycles. The second-order valence-electron chi connectivity index (χ2n) is 25.0. The second-order valence-corrected chi connectivity index (χ2v) is 27.0. The van der Waals surface area contributed by atoms with E-state index in [4.69, 9.17) is 82.7 Å². The average Bonchev–Trinajstić information content (AvgIpc) is 1.63. The van der Waals surface area contributed by atoms with Crippen LogP contribution in [-0.4, -0.2) is 148 Å². The van der Waals surface area contributed by atoms with Crippen LogP contribution in [0.15, 0.2) is 158 Å². The van der Waals surface area contributed by atoms with E-state index in [9.17, 15) is 44.1 Å². The van der Waals surface area contributed by atoms with E-state index < -0.39 is 71.9 Å². The van der Waals surface area contributed by atoms with Crippen LogP contribution < -0.4 is 16.4 Å². The van der Waals surface area contributed by atoms with Gasteiger partial charge < -0.3 is 65.3 Å². The molecule has 0 saturated carbocycles. The Morgan fingerprint density at radius 2 is 0.940 bits per heavy atom. The van der Waals surface area contributed by atoms with Crippen LogP contribution in [0.4, 0.5) is 0 Å². The molecule has 22 nitrogen and oxygen atoms in total. The molecular formula is C73H82Cl5N9O13. The van der Waals surface area contributed by atoms with Crippen LogP contribution in [0.3, 0.4) is 0 Å². The first-order valence-corrected chi connectivity index (χ1v) is 34.1. The summed E-state index contributed by atoms with van der Waals surface area (Å²) in [6, 6.07) is 42.0. The summed E-state index contributed by atoms with van der Waals surface area (Å²) in [5.74, 6) is -5.89. The van der Waals surface area contributed by atoms with Gasteiger partial charge >= 0.3 is 5.97 Å². The van der Waals surface area contributed by atoms with E-state index >= 15 is 0 Å².